The second-order valence-corrected chi connectivity index (χ2v) is 2.51. The maximum atomic E-state index is 10.2. The van der Waals surface area contributed by atoms with Crippen LogP contribution in [0.1, 0.15) is 6.92 Å². The summed E-state index contributed by atoms with van der Waals surface area (Å²) in [6, 6.07) is 0. The summed E-state index contributed by atoms with van der Waals surface area (Å²) >= 11 is 0. The van der Waals surface area contributed by atoms with Gasteiger partial charge in [0.25, 0.3) is 0 Å². The van der Waals surface area contributed by atoms with Gasteiger partial charge in [0, 0.05) is 0 Å². The van der Waals surface area contributed by atoms with Crippen molar-refractivity contribution in [1.29, 1.82) is 0 Å². The van der Waals surface area contributed by atoms with E-state index in [-0.39, 0.29) is 9.90 Å². The molecule has 2 unspecified atom stereocenters. The molecule has 2 rings (SSSR count). The number of rotatable bonds is 0. The van der Waals surface area contributed by atoms with Gasteiger partial charge >= 0.3 is 17.1 Å². The minimum Gasteiger partial charge on any atom is -0.373 e. The standard InChI is InChI=1S/C3H3N3O3.C3H6O.H3P/c7-1-4-2(8)6-3(9)5-1;1-3-2-4-3;/h(H3,4,5,6,7,8,9);3H,2H2,1H3;1H3. The summed E-state index contributed by atoms with van der Waals surface area (Å²) in [4.78, 5) is 35.9. The number of hydrogen-bond acceptors (Lipinski definition) is 4. The van der Waals surface area contributed by atoms with Gasteiger partial charge in [-0.25, -0.2) is 14.4 Å². The summed E-state index contributed by atoms with van der Waals surface area (Å²) in [5, 5.41) is 0. The number of hydrogen-bond donors (Lipinski definition) is 3. The number of ether oxygens (including phenoxy) is 1. The first kappa shape index (κ1) is 12.8. The highest BCUT2D eigenvalue weighted by Crippen LogP contribution is 2.04. The molecule has 0 bridgehead atoms. The zero-order valence-corrected chi connectivity index (χ0v) is 9.04. The molecule has 1 aromatic rings. The van der Waals surface area contributed by atoms with Crippen molar-refractivity contribution in [1.82, 2.24) is 15.0 Å². The highest BCUT2D eigenvalue weighted by Gasteiger charge is 2.13. The van der Waals surface area contributed by atoms with E-state index in [4.69, 9.17) is 4.74 Å². The molecule has 80 valence electrons. The third-order valence-electron chi connectivity index (χ3n) is 1.18. The molecule has 1 saturated heterocycles. The Kier molecular flexibility index (Phi) is 5.04. The highest BCUT2D eigenvalue weighted by atomic mass is 31.0. The Morgan fingerprint density at radius 2 is 1.29 bits per heavy atom. The molecule has 3 N–H and O–H groups in total. The van der Waals surface area contributed by atoms with Crippen molar-refractivity contribution in [3.05, 3.63) is 31.5 Å². The van der Waals surface area contributed by atoms with Crippen LogP contribution < -0.4 is 17.1 Å². The fraction of sp³-hybridized carbons (Fsp3) is 0.500. The molecule has 0 radical (unpaired) electrons. The summed E-state index contributed by atoms with van der Waals surface area (Å²) in [7, 11) is 0. The molecule has 0 aromatic carbocycles. The predicted octanol–water partition coefficient (Wildman–Crippen LogP) is -1.79. The van der Waals surface area contributed by atoms with Crippen LogP contribution in [0.15, 0.2) is 14.4 Å². The van der Waals surface area contributed by atoms with E-state index < -0.39 is 17.1 Å². The van der Waals surface area contributed by atoms with Crippen molar-refractivity contribution in [3.63, 3.8) is 0 Å². The third-order valence-corrected chi connectivity index (χ3v) is 1.18. The molecular formula is C6H12N3O4P. The number of H-pyrrole nitrogens is 3. The molecule has 7 nitrogen and oxygen atoms in total. The van der Waals surface area contributed by atoms with Crippen molar-refractivity contribution < 1.29 is 4.74 Å². The molecule has 0 saturated carbocycles. The summed E-state index contributed by atoms with van der Waals surface area (Å²) in [6.07, 6.45) is 0.583. The lowest BCUT2D eigenvalue weighted by Gasteiger charge is -1.77. The smallest absolute Gasteiger partial charge is 0.330 e. The molecule has 14 heavy (non-hydrogen) atoms. The van der Waals surface area contributed by atoms with Gasteiger partial charge in [-0.1, -0.05) is 0 Å². The molecule has 2 heterocycles. The molecule has 1 fully saturated rings. The minimum absolute atomic E-state index is 0. The molecule has 0 aliphatic carbocycles. The highest BCUT2D eigenvalue weighted by molar-refractivity contribution is 6.92. The molecule has 1 aliphatic rings. The zero-order valence-electron chi connectivity index (χ0n) is 7.62. The van der Waals surface area contributed by atoms with Crippen LogP contribution in [0.5, 0.6) is 0 Å². The predicted molar refractivity (Wildman–Crippen MR) is 54.8 cm³/mol. The van der Waals surface area contributed by atoms with E-state index in [9.17, 15) is 14.4 Å². The first-order valence-corrected chi connectivity index (χ1v) is 3.62. The Morgan fingerprint density at radius 3 is 1.43 bits per heavy atom. The molecule has 8 heteroatoms. The van der Waals surface area contributed by atoms with Crippen LogP contribution in [0.3, 0.4) is 0 Å². The summed E-state index contributed by atoms with van der Waals surface area (Å²) < 4.78 is 4.71. The van der Waals surface area contributed by atoms with Crippen molar-refractivity contribution >= 4 is 9.90 Å². The van der Waals surface area contributed by atoms with Gasteiger partial charge in [0.2, 0.25) is 0 Å². The van der Waals surface area contributed by atoms with Gasteiger partial charge in [0.05, 0.1) is 12.7 Å². The maximum Gasteiger partial charge on any atom is 0.330 e. The van der Waals surface area contributed by atoms with Crippen LogP contribution in [-0.4, -0.2) is 27.7 Å². The third kappa shape index (κ3) is 5.45. The fourth-order valence-electron chi connectivity index (χ4n) is 0.499. The Hall–Kier alpha value is -1.20. The van der Waals surface area contributed by atoms with E-state index in [0.717, 1.165) is 6.61 Å². The van der Waals surface area contributed by atoms with Crippen LogP contribution in [0.25, 0.3) is 0 Å². The van der Waals surface area contributed by atoms with Gasteiger partial charge in [0.15, 0.2) is 0 Å². The molecule has 0 amide bonds. The number of epoxide rings is 1. The number of nitrogens with one attached hydrogen (secondary N) is 3. The second kappa shape index (κ2) is 5.51. The van der Waals surface area contributed by atoms with E-state index >= 15 is 0 Å². The first-order valence-electron chi connectivity index (χ1n) is 3.62. The van der Waals surface area contributed by atoms with E-state index in [1.807, 2.05) is 0 Å². The van der Waals surface area contributed by atoms with Crippen LogP contribution in [-0.2, 0) is 4.74 Å². The van der Waals surface area contributed by atoms with Crippen molar-refractivity contribution in [2.45, 2.75) is 13.0 Å². The summed E-state index contributed by atoms with van der Waals surface area (Å²) in [5.74, 6) is 0. The van der Waals surface area contributed by atoms with Crippen molar-refractivity contribution in [3.8, 4) is 0 Å². The zero-order chi connectivity index (χ0) is 9.84. The van der Waals surface area contributed by atoms with Crippen molar-refractivity contribution in [2.75, 3.05) is 6.61 Å². The van der Waals surface area contributed by atoms with Crippen LogP contribution >= 0.6 is 9.90 Å². The fourth-order valence-corrected chi connectivity index (χ4v) is 0.499. The summed E-state index contributed by atoms with van der Waals surface area (Å²) in [5.41, 5.74) is -2.41. The van der Waals surface area contributed by atoms with Gasteiger partial charge in [-0.05, 0) is 6.92 Å². The van der Waals surface area contributed by atoms with E-state index in [0.29, 0.717) is 6.10 Å². The van der Waals surface area contributed by atoms with E-state index in [1.54, 1.807) is 15.0 Å². The monoisotopic (exact) mass is 221 g/mol. The van der Waals surface area contributed by atoms with E-state index in [1.165, 1.54) is 0 Å². The number of aromatic amines is 3. The van der Waals surface area contributed by atoms with Gasteiger partial charge < -0.3 is 4.74 Å². The first-order chi connectivity index (χ1) is 6.08. The minimum atomic E-state index is -0.802. The van der Waals surface area contributed by atoms with Crippen molar-refractivity contribution in [2.24, 2.45) is 0 Å². The van der Waals surface area contributed by atoms with Crippen LogP contribution in [0.2, 0.25) is 0 Å². The molecular weight excluding hydrogens is 209 g/mol. The Morgan fingerprint density at radius 1 is 1.07 bits per heavy atom. The van der Waals surface area contributed by atoms with Gasteiger partial charge in [-0.2, -0.15) is 9.90 Å². The van der Waals surface area contributed by atoms with Gasteiger partial charge in [-0.15, -0.1) is 0 Å². The Balaban J connectivity index is 0.000000286. The van der Waals surface area contributed by atoms with Gasteiger partial charge in [-0.3, -0.25) is 15.0 Å². The molecule has 0 spiro atoms. The lowest BCUT2D eigenvalue weighted by Crippen LogP contribution is -2.34. The molecule has 1 aromatic heterocycles. The SMILES string of the molecule is CC1CO1.O=c1[nH]c(=O)[nH]c(=O)[nH]1.P. The Bertz CT molecular complexity index is 351. The number of aromatic nitrogens is 3. The maximum absolute atomic E-state index is 10.2. The second-order valence-electron chi connectivity index (χ2n) is 2.51. The normalized spacial score (nSPS) is 17.4. The largest absolute Gasteiger partial charge is 0.373 e. The lowest BCUT2D eigenvalue weighted by molar-refractivity contribution is 0.423. The topological polar surface area (TPSA) is 111 Å². The quantitative estimate of drug-likeness (QED) is 0.355. The average Bonchev–Trinajstić information content (AvgIpc) is 2.69. The molecule has 2 atom stereocenters. The molecule has 1 aliphatic heterocycles. The summed E-state index contributed by atoms with van der Waals surface area (Å²) in [6.45, 7) is 3.04. The van der Waals surface area contributed by atoms with Gasteiger partial charge in [0.1, 0.15) is 0 Å². The Labute approximate surface area is 81.5 Å². The van der Waals surface area contributed by atoms with E-state index in [2.05, 4.69) is 6.92 Å². The van der Waals surface area contributed by atoms with Crippen LogP contribution in [0.4, 0.5) is 0 Å². The lowest BCUT2D eigenvalue weighted by atomic mass is 10.6. The van der Waals surface area contributed by atoms with Crippen LogP contribution in [0, 0.1) is 0 Å². The average molecular weight is 221 g/mol.